The molecule has 136 valence electrons. The number of nitrogens with one attached hydrogen (secondary N) is 1. The van der Waals surface area contributed by atoms with Gasteiger partial charge in [0.15, 0.2) is 0 Å². The molecule has 1 fully saturated rings. The van der Waals surface area contributed by atoms with Crippen molar-refractivity contribution in [2.75, 3.05) is 29.1 Å². The summed E-state index contributed by atoms with van der Waals surface area (Å²) in [5.41, 5.74) is 1.35. The van der Waals surface area contributed by atoms with E-state index in [1.165, 1.54) is 16.7 Å². The van der Waals surface area contributed by atoms with Crippen molar-refractivity contribution in [1.29, 1.82) is 0 Å². The maximum absolute atomic E-state index is 12.7. The summed E-state index contributed by atoms with van der Waals surface area (Å²) < 4.78 is 7.28. The van der Waals surface area contributed by atoms with Crippen LogP contribution in [0.2, 0.25) is 0 Å². The van der Waals surface area contributed by atoms with Crippen LogP contribution in [-0.2, 0) is 20.9 Å². The topological polar surface area (TPSA) is 102 Å². The lowest BCUT2D eigenvalue weighted by Gasteiger charge is -2.29. The van der Waals surface area contributed by atoms with Crippen LogP contribution in [0.15, 0.2) is 29.4 Å². The Bertz CT molecular complexity index is 820. The fourth-order valence-electron chi connectivity index (χ4n) is 3.06. The number of benzene rings is 1. The monoisotopic (exact) mass is 374 g/mol. The predicted octanol–water partition coefficient (Wildman–Crippen LogP) is 0.929. The van der Waals surface area contributed by atoms with Gasteiger partial charge in [-0.1, -0.05) is 23.9 Å². The van der Waals surface area contributed by atoms with E-state index in [9.17, 15) is 9.59 Å². The van der Waals surface area contributed by atoms with Crippen molar-refractivity contribution in [1.82, 2.24) is 20.2 Å². The van der Waals surface area contributed by atoms with E-state index in [1.54, 1.807) is 10.7 Å². The van der Waals surface area contributed by atoms with Crippen LogP contribution in [0.4, 0.5) is 11.4 Å². The first-order chi connectivity index (χ1) is 12.7. The summed E-state index contributed by atoms with van der Waals surface area (Å²) in [6.07, 6.45) is 2.15. The molecular formula is C16H18N6O3S. The number of ether oxygens (including phenoxy) is 1. The van der Waals surface area contributed by atoms with Crippen molar-refractivity contribution in [3.63, 3.8) is 0 Å². The van der Waals surface area contributed by atoms with E-state index in [2.05, 4.69) is 20.8 Å². The van der Waals surface area contributed by atoms with Gasteiger partial charge in [-0.2, -0.15) is 0 Å². The van der Waals surface area contributed by atoms with Gasteiger partial charge in [-0.25, -0.2) is 4.68 Å². The molecule has 1 N–H and O–H groups in total. The second kappa shape index (κ2) is 7.42. The van der Waals surface area contributed by atoms with Crippen molar-refractivity contribution >= 4 is 35.0 Å². The fraction of sp³-hybridized carbons (Fsp3) is 0.438. The van der Waals surface area contributed by atoms with Crippen LogP contribution in [0.5, 0.6) is 0 Å². The molecule has 3 heterocycles. The van der Waals surface area contributed by atoms with Gasteiger partial charge in [-0.15, -0.1) is 5.10 Å². The van der Waals surface area contributed by atoms with E-state index in [4.69, 9.17) is 4.74 Å². The number of amides is 2. The standard InChI is InChI=1S/C16H18N6O3S/c23-14-9-21(13-6-2-1-5-12(13)17-14)15(24)10-26-16-18-19-20-22(16)8-11-4-3-7-25-11/h1-2,5-6,11H,3-4,7-10H2,(H,17,23). The molecule has 1 aromatic heterocycles. The van der Waals surface area contributed by atoms with Crippen molar-refractivity contribution in [2.24, 2.45) is 0 Å². The highest BCUT2D eigenvalue weighted by Crippen LogP contribution is 2.29. The Morgan fingerprint density at radius 1 is 1.38 bits per heavy atom. The molecule has 0 saturated carbocycles. The van der Waals surface area contributed by atoms with Crippen LogP contribution >= 0.6 is 11.8 Å². The molecule has 0 spiro atoms. The van der Waals surface area contributed by atoms with Gasteiger partial charge in [0.2, 0.25) is 17.0 Å². The zero-order valence-corrected chi connectivity index (χ0v) is 14.8. The number of para-hydroxylation sites is 2. The molecule has 4 rings (SSSR count). The molecule has 0 radical (unpaired) electrons. The summed E-state index contributed by atoms with van der Waals surface area (Å²) >= 11 is 1.26. The third kappa shape index (κ3) is 3.56. The highest BCUT2D eigenvalue weighted by molar-refractivity contribution is 7.99. The molecule has 1 unspecified atom stereocenters. The molecule has 2 amide bonds. The SMILES string of the molecule is O=C1CN(C(=O)CSc2nnnn2CC2CCCO2)c2ccccc2N1. The smallest absolute Gasteiger partial charge is 0.244 e. The molecule has 0 bridgehead atoms. The highest BCUT2D eigenvalue weighted by Gasteiger charge is 2.27. The molecule has 1 atom stereocenters. The number of hydrogen-bond acceptors (Lipinski definition) is 7. The fourth-order valence-corrected chi connectivity index (χ4v) is 3.82. The van der Waals surface area contributed by atoms with Crippen LogP contribution in [0, 0.1) is 0 Å². The Labute approximate surface area is 154 Å². The van der Waals surface area contributed by atoms with Crippen LogP contribution in [0.1, 0.15) is 12.8 Å². The minimum Gasteiger partial charge on any atom is -0.376 e. The van der Waals surface area contributed by atoms with Gasteiger partial charge in [-0.05, 0) is 35.4 Å². The lowest BCUT2D eigenvalue weighted by molar-refractivity contribution is -0.120. The number of hydrogen-bond donors (Lipinski definition) is 1. The van der Waals surface area contributed by atoms with Crippen LogP contribution < -0.4 is 10.2 Å². The number of tetrazole rings is 1. The second-order valence-electron chi connectivity index (χ2n) is 6.11. The van der Waals surface area contributed by atoms with E-state index >= 15 is 0 Å². The first kappa shape index (κ1) is 17.0. The molecule has 1 saturated heterocycles. The van der Waals surface area contributed by atoms with Crippen LogP contribution in [0.3, 0.4) is 0 Å². The number of fused-ring (bicyclic) bond motifs is 1. The summed E-state index contributed by atoms with van der Waals surface area (Å²) in [5, 5.41) is 15.0. The first-order valence-electron chi connectivity index (χ1n) is 8.40. The van der Waals surface area contributed by atoms with Gasteiger partial charge >= 0.3 is 0 Å². The minimum absolute atomic E-state index is 0.0112. The number of nitrogens with zero attached hydrogens (tertiary/aromatic N) is 5. The van der Waals surface area contributed by atoms with E-state index in [0.717, 1.165) is 19.4 Å². The Morgan fingerprint density at radius 2 is 2.27 bits per heavy atom. The van der Waals surface area contributed by atoms with Gasteiger partial charge in [0, 0.05) is 6.61 Å². The van der Waals surface area contributed by atoms with E-state index < -0.39 is 0 Å². The van der Waals surface area contributed by atoms with Crippen LogP contribution in [-0.4, -0.2) is 57.0 Å². The molecule has 2 aliphatic rings. The number of aromatic nitrogens is 4. The molecular weight excluding hydrogens is 356 g/mol. The average Bonchev–Trinajstić information content (AvgIpc) is 3.31. The Morgan fingerprint density at radius 3 is 3.12 bits per heavy atom. The zero-order valence-electron chi connectivity index (χ0n) is 14.0. The highest BCUT2D eigenvalue weighted by atomic mass is 32.2. The summed E-state index contributed by atoms with van der Waals surface area (Å²) in [5.74, 6) is -0.220. The number of anilines is 2. The number of thioether (sulfide) groups is 1. The predicted molar refractivity (Wildman–Crippen MR) is 94.9 cm³/mol. The van der Waals surface area contributed by atoms with Crippen molar-refractivity contribution in [2.45, 2.75) is 30.6 Å². The summed E-state index contributed by atoms with van der Waals surface area (Å²) in [7, 11) is 0. The summed E-state index contributed by atoms with van der Waals surface area (Å²) in [6.45, 7) is 1.36. The molecule has 1 aromatic carbocycles. The third-order valence-electron chi connectivity index (χ3n) is 4.30. The molecule has 10 heteroatoms. The van der Waals surface area contributed by atoms with Gasteiger partial charge in [0.25, 0.3) is 0 Å². The average molecular weight is 374 g/mol. The molecule has 9 nitrogen and oxygen atoms in total. The van der Waals surface area contributed by atoms with E-state index in [-0.39, 0.29) is 30.2 Å². The summed E-state index contributed by atoms with van der Waals surface area (Å²) in [6, 6.07) is 7.26. The number of rotatable bonds is 5. The molecule has 2 aliphatic heterocycles. The quantitative estimate of drug-likeness (QED) is 0.777. The van der Waals surface area contributed by atoms with Gasteiger partial charge in [0.1, 0.15) is 6.54 Å². The minimum atomic E-state index is -0.203. The third-order valence-corrected chi connectivity index (χ3v) is 5.24. The maximum Gasteiger partial charge on any atom is 0.244 e. The van der Waals surface area contributed by atoms with Gasteiger partial charge < -0.3 is 15.0 Å². The lowest BCUT2D eigenvalue weighted by Crippen LogP contribution is -2.43. The van der Waals surface area contributed by atoms with E-state index in [0.29, 0.717) is 23.1 Å². The normalized spacial score (nSPS) is 19.3. The Balaban J connectivity index is 1.42. The molecule has 2 aromatic rings. The second-order valence-corrected chi connectivity index (χ2v) is 7.05. The largest absolute Gasteiger partial charge is 0.376 e. The van der Waals surface area contributed by atoms with Crippen molar-refractivity contribution in [3.05, 3.63) is 24.3 Å². The van der Waals surface area contributed by atoms with Crippen molar-refractivity contribution in [3.8, 4) is 0 Å². The molecule has 26 heavy (non-hydrogen) atoms. The first-order valence-corrected chi connectivity index (χ1v) is 9.39. The van der Waals surface area contributed by atoms with Gasteiger partial charge in [-0.3, -0.25) is 9.59 Å². The van der Waals surface area contributed by atoms with Crippen molar-refractivity contribution < 1.29 is 14.3 Å². The zero-order chi connectivity index (χ0) is 17.9. The lowest BCUT2D eigenvalue weighted by atomic mass is 10.2. The van der Waals surface area contributed by atoms with Gasteiger partial charge in [0.05, 0.1) is 29.8 Å². The molecule has 0 aliphatic carbocycles. The maximum atomic E-state index is 12.7. The Hall–Kier alpha value is -2.46. The summed E-state index contributed by atoms with van der Waals surface area (Å²) in [4.78, 5) is 26.0. The van der Waals surface area contributed by atoms with E-state index in [1.807, 2.05) is 18.2 Å². The number of carbonyl (C=O) groups is 2. The number of carbonyl (C=O) groups excluding carboxylic acids is 2. The Kier molecular flexibility index (Phi) is 4.85. The van der Waals surface area contributed by atoms with Crippen LogP contribution in [0.25, 0.3) is 0 Å².